The van der Waals surface area contributed by atoms with Gasteiger partial charge in [-0.15, -0.1) is 0 Å². The highest BCUT2D eigenvalue weighted by Crippen LogP contribution is 2.41. The summed E-state index contributed by atoms with van der Waals surface area (Å²) in [6.07, 6.45) is 2.01. The second-order valence-corrected chi connectivity index (χ2v) is 5.22. The van der Waals surface area contributed by atoms with Gasteiger partial charge in [0.2, 0.25) is 0 Å². The van der Waals surface area contributed by atoms with Gasteiger partial charge in [0, 0.05) is 13.1 Å². The fourth-order valence-corrected chi connectivity index (χ4v) is 2.35. The monoisotopic (exact) mass is 201 g/mol. The van der Waals surface area contributed by atoms with Crippen LogP contribution in [-0.2, 0) is 0 Å². The van der Waals surface area contributed by atoms with E-state index in [1.54, 1.807) is 0 Å². The van der Waals surface area contributed by atoms with Crippen LogP contribution in [0.5, 0.6) is 0 Å². The smallest absolute Gasteiger partial charge is 0.0631 e. The van der Waals surface area contributed by atoms with Gasteiger partial charge in [0.25, 0.3) is 0 Å². The Kier molecular flexibility index (Phi) is 3.93. The van der Waals surface area contributed by atoms with Gasteiger partial charge in [-0.1, -0.05) is 13.8 Å². The summed E-state index contributed by atoms with van der Waals surface area (Å²) < 4.78 is 0. The number of nitrogens with zero attached hydrogens (tertiary/aromatic N) is 1. The number of hydrogen-bond acceptors (Lipinski definition) is 3. The lowest BCUT2D eigenvalue weighted by atomic mass is 9.87. The Hall–Kier alpha value is -0.120. The predicted octanol–water partition coefficient (Wildman–Crippen LogP) is 0.708. The van der Waals surface area contributed by atoms with Crippen molar-refractivity contribution in [2.24, 2.45) is 11.3 Å². The molecule has 0 aromatic rings. The third-order valence-electron chi connectivity index (χ3n) is 3.43. The van der Waals surface area contributed by atoms with Gasteiger partial charge < -0.3 is 15.1 Å². The minimum atomic E-state index is -0.191. The van der Waals surface area contributed by atoms with E-state index >= 15 is 0 Å². The van der Waals surface area contributed by atoms with Crippen molar-refractivity contribution in [3.63, 3.8) is 0 Å². The largest absolute Gasteiger partial charge is 0.395 e. The van der Waals surface area contributed by atoms with Gasteiger partial charge in [0.1, 0.15) is 0 Å². The van der Waals surface area contributed by atoms with Crippen molar-refractivity contribution in [1.29, 1.82) is 0 Å². The van der Waals surface area contributed by atoms with E-state index in [1.165, 1.54) is 0 Å². The van der Waals surface area contributed by atoms with E-state index in [9.17, 15) is 5.11 Å². The third kappa shape index (κ3) is 2.69. The van der Waals surface area contributed by atoms with Gasteiger partial charge in [-0.3, -0.25) is 0 Å². The first-order chi connectivity index (χ1) is 6.47. The number of likely N-dealkylation sites (N-methyl/N-ethyl adjacent to an activating group) is 1. The molecule has 14 heavy (non-hydrogen) atoms. The molecule has 0 spiro atoms. The maximum Gasteiger partial charge on any atom is 0.0631 e. The molecule has 2 unspecified atom stereocenters. The molecule has 0 bridgehead atoms. The van der Waals surface area contributed by atoms with Crippen LogP contribution in [0.2, 0.25) is 0 Å². The summed E-state index contributed by atoms with van der Waals surface area (Å²) in [6.45, 7) is 6.05. The average molecular weight is 201 g/mol. The Bertz CT molecular complexity index is 182. The molecule has 1 saturated carbocycles. The van der Waals surface area contributed by atoms with E-state index in [1.807, 2.05) is 7.05 Å². The van der Waals surface area contributed by atoms with Crippen LogP contribution < -0.4 is 0 Å². The van der Waals surface area contributed by atoms with Crippen LogP contribution in [0.25, 0.3) is 0 Å². The standard InChI is InChI=1S/C11H23NO2/c1-11(2)5-4-9(10(11)14)8-12(3)6-7-13/h9-10,13-14H,4-8H2,1-3H3. The number of aliphatic hydroxyl groups is 2. The zero-order valence-electron chi connectivity index (χ0n) is 9.53. The van der Waals surface area contributed by atoms with Crippen LogP contribution in [0.3, 0.4) is 0 Å². The summed E-state index contributed by atoms with van der Waals surface area (Å²) in [5.41, 5.74) is 0.0741. The molecule has 0 heterocycles. The molecule has 2 atom stereocenters. The van der Waals surface area contributed by atoms with Gasteiger partial charge in [0.05, 0.1) is 12.7 Å². The van der Waals surface area contributed by atoms with E-state index in [0.717, 1.165) is 19.4 Å². The van der Waals surface area contributed by atoms with Crippen molar-refractivity contribution in [3.05, 3.63) is 0 Å². The lowest BCUT2D eigenvalue weighted by Gasteiger charge is -2.28. The van der Waals surface area contributed by atoms with Gasteiger partial charge in [-0.05, 0) is 31.2 Å². The van der Waals surface area contributed by atoms with Crippen LogP contribution in [0.1, 0.15) is 26.7 Å². The van der Waals surface area contributed by atoms with E-state index < -0.39 is 0 Å². The molecule has 0 aromatic carbocycles. The van der Waals surface area contributed by atoms with Crippen molar-refractivity contribution in [2.75, 3.05) is 26.7 Å². The van der Waals surface area contributed by atoms with Crippen LogP contribution >= 0.6 is 0 Å². The second kappa shape index (κ2) is 4.60. The topological polar surface area (TPSA) is 43.7 Å². The molecule has 3 heteroatoms. The maximum absolute atomic E-state index is 10.0. The summed E-state index contributed by atoms with van der Waals surface area (Å²) in [5.74, 6) is 0.376. The SMILES string of the molecule is CN(CCO)CC1CCC(C)(C)C1O. The molecule has 2 N–H and O–H groups in total. The normalized spacial score (nSPS) is 31.3. The molecule has 3 nitrogen and oxygen atoms in total. The zero-order chi connectivity index (χ0) is 10.8. The van der Waals surface area contributed by atoms with Crippen LogP contribution in [0.15, 0.2) is 0 Å². The molecule has 1 aliphatic carbocycles. The Labute approximate surface area is 86.7 Å². The first-order valence-electron chi connectivity index (χ1n) is 5.45. The van der Waals surface area contributed by atoms with E-state index in [0.29, 0.717) is 12.5 Å². The minimum absolute atomic E-state index is 0.0741. The zero-order valence-corrected chi connectivity index (χ0v) is 9.53. The number of aliphatic hydroxyl groups excluding tert-OH is 2. The van der Waals surface area contributed by atoms with Crippen LogP contribution in [0.4, 0.5) is 0 Å². The third-order valence-corrected chi connectivity index (χ3v) is 3.43. The lowest BCUT2D eigenvalue weighted by Crippen LogP contribution is -2.35. The molecule has 1 aliphatic rings. The molecule has 0 amide bonds. The molecule has 0 saturated heterocycles. The second-order valence-electron chi connectivity index (χ2n) is 5.22. The molecule has 1 fully saturated rings. The van der Waals surface area contributed by atoms with Gasteiger partial charge in [0.15, 0.2) is 0 Å². The van der Waals surface area contributed by atoms with Crippen molar-refractivity contribution in [2.45, 2.75) is 32.8 Å². The van der Waals surface area contributed by atoms with Gasteiger partial charge in [-0.25, -0.2) is 0 Å². The van der Waals surface area contributed by atoms with Crippen LogP contribution in [-0.4, -0.2) is 48.0 Å². The summed E-state index contributed by atoms with van der Waals surface area (Å²) in [5, 5.41) is 18.8. The summed E-state index contributed by atoms with van der Waals surface area (Å²) in [4.78, 5) is 2.09. The van der Waals surface area contributed by atoms with Crippen LogP contribution in [0, 0.1) is 11.3 Å². The molecular formula is C11H23NO2. The summed E-state index contributed by atoms with van der Waals surface area (Å²) >= 11 is 0. The fourth-order valence-electron chi connectivity index (χ4n) is 2.35. The van der Waals surface area contributed by atoms with E-state index in [2.05, 4.69) is 18.7 Å². The van der Waals surface area contributed by atoms with Crippen molar-refractivity contribution in [1.82, 2.24) is 4.90 Å². The Morgan fingerprint density at radius 3 is 2.50 bits per heavy atom. The average Bonchev–Trinajstić information content (AvgIpc) is 2.33. The van der Waals surface area contributed by atoms with Gasteiger partial charge in [-0.2, -0.15) is 0 Å². The molecule has 0 aliphatic heterocycles. The molecular weight excluding hydrogens is 178 g/mol. The highest BCUT2D eigenvalue weighted by Gasteiger charge is 2.40. The molecule has 1 rings (SSSR count). The highest BCUT2D eigenvalue weighted by atomic mass is 16.3. The first kappa shape index (κ1) is 12.0. The number of rotatable bonds is 4. The summed E-state index contributed by atoms with van der Waals surface area (Å²) in [6, 6.07) is 0. The Morgan fingerprint density at radius 2 is 2.07 bits per heavy atom. The lowest BCUT2D eigenvalue weighted by molar-refractivity contribution is 0.0340. The van der Waals surface area contributed by atoms with Gasteiger partial charge >= 0.3 is 0 Å². The fraction of sp³-hybridized carbons (Fsp3) is 1.00. The van der Waals surface area contributed by atoms with Crippen molar-refractivity contribution in [3.8, 4) is 0 Å². The van der Waals surface area contributed by atoms with E-state index in [4.69, 9.17) is 5.11 Å². The van der Waals surface area contributed by atoms with Crippen molar-refractivity contribution < 1.29 is 10.2 Å². The maximum atomic E-state index is 10.0. The molecule has 84 valence electrons. The van der Waals surface area contributed by atoms with E-state index in [-0.39, 0.29) is 18.1 Å². The first-order valence-corrected chi connectivity index (χ1v) is 5.45. The van der Waals surface area contributed by atoms with Crippen molar-refractivity contribution >= 4 is 0 Å². The Morgan fingerprint density at radius 1 is 1.43 bits per heavy atom. The highest BCUT2D eigenvalue weighted by molar-refractivity contribution is 4.91. The summed E-state index contributed by atoms with van der Waals surface area (Å²) in [7, 11) is 1.99. The molecule has 0 radical (unpaired) electrons. The minimum Gasteiger partial charge on any atom is -0.395 e. The Balaban J connectivity index is 2.40. The quantitative estimate of drug-likeness (QED) is 0.704. The molecule has 0 aromatic heterocycles. The number of hydrogen-bond donors (Lipinski definition) is 2. The predicted molar refractivity (Wildman–Crippen MR) is 57.1 cm³/mol.